The van der Waals surface area contributed by atoms with Gasteiger partial charge in [0.15, 0.2) is 11.8 Å². The van der Waals surface area contributed by atoms with E-state index >= 15 is 0 Å². The number of aliphatic imine (C=N–C) groups is 2. The molecule has 2 rings (SSSR count). The molecular weight excluding hydrogens is 192 g/mol. The van der Waals surface area contributed by atoms with Crippen LogP contribution in [-0.4, -0.2) is 37.1 Å². The lowest BCUT2D eigenvalue weighted by atomic mass is 9.93. The van der Waals surface area contributed by atoms with E-state index in [1.807, 2.05) is 20.8 Å². The summed E-state index contributed by atoms with van der Waals surface area (Å²) in [6.45, 7) is 9.61. The smallest absolute Gasteiger partial charge is 0.199 e. The summed E-state index contributed by atoms with van der Waals surface area (Å²) in [5.41, 5.74) is -0.324. The number of rotatable bonds is 2. The Kier molecular flexibility index (Phi) is 2.44. The largest absolute Gasteiger partial charge is 0.478 e. The first-order chi connectivity index (χ1) is 7.01. The Morgan fingerprint density at radius 1 is 1.27 bits per heavy atom. The van der Waals surface area contributed by atoms with Crippen molar-refractivity contribution in [2.45, 2.75) is 39.8 Å². The zero-order chi connectivity index (χ0) is 11.1. The molecule has 0 saturated heterocycles. The van der Waals surface area contributed by atoms with Crippen LogP contribution < -0.4 is 0 Å². The van der Waals surface area contributed by atoms with Crippen molar-refractivity contribution in [2.75, 3.05) is 13.2 Å². The van der Waals surface area contributed by atoms with Crippen molar-refractivity contribution in [1.82, 2.24) is 0 Å². The topological polar surface area (TPSA) is 43.2 Å². The van der Waals surface area contributed by atoms with E-state index in [-0.39, 0.29) is 17.6 Å². The molecule has 0 aromatic carbocycles. The van der Waals surface area contributed by atoms with Crippen LogP contribution in [0.25, 0.3) is 0 Å². The van der Waals surface area contributed by atoms with Gasteiger partial charge in [0.2, 0.25) is 0 Å². The molecule has 0 spiro atoms. The highest BCUT2D eigenvalue weighted by Crippen LogP contribution is 2.29. The summed E-state index contributed by atoms with van der Waals surface area (Å²) >= 11 is 0. The molecule has 0 radical (unpaired) electrons. The van der Waals surface area contributed by atoms with Gasteiger partial charge in [0.05, 0.1) is 12.6 Å². The fourth-order valence-electron chi connectivity index (χ4n) is 1.71. The Hall–Kier alpha value is -1.06. The zero-order valence-electron chi connectivity index (χ0n) is 9.78. The third-order valence-electron chi connectivity index (χ3n) is 2.95. The highest BCUT2D eigenvalue weighted by atomic mass is 16.5. The predicted octanol–water partition coefficient (Wildman–Crippen LogP) is 1.65. The van der Waals surface area contributed by atoms with Gasteiger partial charge in [0.1, 0.15) is 18.1 Å². The molecule has 2 aliphatic rings. The predicted molar refractivity (Wildman–Crippen MR) is 59.5 cm³/mol. The Morgan fingerprint density at radius 3 is 2.47 bits per heavy atom. The second-order valence-electron chi connectivity index (χ2n) is 4.66. The first-order valence-electron chi connectivity index (χ1n) is 5.44. The summed E-state index contributed by atoms with van der Waals surface area (Å²) < 4.78 is 11.2. The van der Waals surface area contributed by atoms with Crippen molar-refractivity contribution in [3.05, 3.63) is 0 Å². The Labute approximate surface area is 90.4 Å². The maximum absolute atomic E-state index is 5.74. The fourth-order valence-corrected chi connectivity index (χ4v) is 1.71. The first-order valence-corrected chi connectivity index (χ1v) is 5.44. The summed E-state index contributed by atoms with van der Waals surface area (Å²) in [4.78, 5) is 8.85. The minimum atomic E-state index is -0.324. The number of ether oxygens (including phenoxy) is 2. The average Bonchev–Trinajstić information content (AvgIpc) is 2.77. The molecule has 0 fully saturated rings. The van der Waals surface area contributed by atoms with Crippen molar-refractivity contribution < 1.29 is 9.47 Å². The molecule has 0 bridgehead atoms. The standard InChI is InChI=1S/C11H18N2O2/c1-7-8(2)15-10(13-7)11(3,4)9-12-5-6-14-9/h7-8H,5-6H2,1-4H3/t7-,8+/m0/s1. The molecule has 0 aromatic rings. The van der Waals surface area contributed by atoms with Gasteiger partial charge in [-0.05, 0) is 27.7 Å². The molecule has 0 aromatic heterocycles. The molecule has 0 unspecified atom stereocenters. The minimum absolute atomic E-state index is 0.154. The molecule has 0 amide bonds. The second-order valence-corrected chi connectivity index (χ2v) is 4.66. The van der Waals surface area contributed by atoms with Crippen LogP contribution in [0.3, 0.4) is 0 Å². The van der Waals surface area contributed by atoms with Crippen LogP contribution in [0.4, 0.5) is 0 Å². The van der Waals surface area contributed by atoms with E-state index < -0.39 is 0 Å². The lowest BCUT2D eigenvalue weighted by Gasteiger charge is -2.23. The molecule has 0 saturated carbocycles. The number of nitrogens with zero attached hydrogens (tertiary/aromatic N) is 2. The number of hydrogen-bond acceptors (Lipinski definition) is 4. The van der Waals surface area contributed by atoms with Gasteiger partial charge >= 0.3 is 0 Å². The van der Waals surface area contributed by atoms with Crippen LogP contribution in [0.15, 0.2) is 9.98 Å². The van der Waals surface area contributed by atoms with Crippen LogP contribution in [0.5, 0.6) is 0 Å². The SMILES string of the molecule is C[C@@H]1N=C(C(C)(C)C2=NCCO2)O[C@@H]1C. The molecule has 0 aliphatic carbocycles. The maximum atomic E-state index is 5.74. The lowest BCUT2D eigenvalue weighted by Crippen LogP contribution is -2.34. The van der Waals surface area contributed by atoms with Gasteiger partial charge in [0, 0.05) is 0 Å². The molecule has 0 N–H and O–H groups in total. The van der Waals surface area contributed by atoms with Gasteiger partial charge in [0.25, 0.3) is 0 Å². The van der Waals surface area contributed by atoms with Gasteiger partial charge in [-0.3, -0.25) is 4.99 Å². The Bertz CT molecular complexity index is 321. The van der Waals surface area contributed by atoms with Gasteiger partial charge in [-0.15, -0.1) is 0 Å². The van der Waals surface area contributed by atoms with Crippen molar-refractivity contribution >= 4 is 11.8 Å². The summed E-state index contributed by atoms with van der Waals surface area (Å²) in [7, 11) is 0. The van der Waals surface area contributed by atoms with Crippen molar-refractivity contribution in [3.8, 4) is 0 Å². The minimum Gasteiger partial charge on any atom is -0.478 e. The molecule has 4 nitrogen and oxygen atoms in total. The van der Waals surface area contributed by atoms with E-state index in [2.05, 4.69) is 16.9 Å². The van der Waals surface area contributed by atoms with Crippen LogP contribution >= 0.6 is 0 Å². The molecule has 4 heteroatoms. The van der Waals surface area contributed by atoms with Crippen LogP contribution in [0, 0.1) is 5.41 Å². The van der Waals surface area contributed by atoms with Crippen molar-refractivity contribution in [3.63, 3.8) is 0 Å². The first kappa shape index (κ1) is 10.5. The van der Waals surface area contributed by atoms with E-state index in [0.29, 0.717) is 6.61 Å². The van der Waals surface area contributed by atoms with Crippen molar-refractivity contribution in [2.24, 2.45) is 15.4 Å². The normalized spacial score (nSPS) is 30.7. The van der Waals surface area contributed by atoms with Gasteiger partial charge in [-0.1, -0.05) is 0 Å². The average molecular weight is 210 g/mol. The van der Waals surface area contributed by atoms with Crippen LogP contribution in [-0.2, 0) is 9.47 Å². The molecule has 2 heterocycles. The van der Waals surface area contributed by atoms with Gasteiger partial charge in [-0.25, -0.2) is 4.99 Å². The molecule has 2 aliphatic heterocycles. The van der Waals surface area contributed by atoms with E-state index in [1.54, 1.807) is 0 Å². The van der Waals surface area contributed by atoms with Crippen LogP contribution in [0.2, 0.25) is 0 Å². The quantitative estimate of drug-likeness (QED) is 0.695. The van der Waals surface area contributed by atoms with E-state index in [0.717, 1.165) is 18.3 Å². The van der Waals surface area contributed by atoms with Crippen molar-refractivity contribution in [1.29, 1.82) is 0 Å². The molecule has 84 valence electrons. The van der Waals surface area contributed by atoms with Gasteiger partial charge in [-0.2, -0.15) is 0 Å². The van der Waals surface area contributed by atoms with E-state index in [4.69, 9.17) is 9.47 Å². The summed E-state index contributed by atoms with van der Waals surface area (Å²) in [5, 5.41) is 0. The monoisotopic (exact) mass is 210 g/mol. The van der Waals surface area contributed by atoms with E-state index in [1.165, 1.54) is 0 Å². The zero-order valence-corrected chi connectivity index (χ0v) is 9.78. The summed E-state index contributed by atoms with van der Waals surface area (Å²) in [5.74, 6) is 1.51. The Balaban J connectivity index is 2.19. The third-order valence-corrected chi connectivity index (χ3v) is 2.95. The fraction of sp³-hybridized carbons (Fsp3) is 0.818. The highest BCUT2D eigenvalue weighted by Gasteiger charge is 2.40. The van der Waals surface area contributed by atoms with E-state index in [9.17, 15) is 0 Å². The Morgan fingerprint density at radius 2 is 2.00 bits per heavy atom. The highest BCUT2D eigenvalue weighted by molar-refractivity contribution is 6.05. The summed E-state index contributed by atoms with van der Waals surface area (Å²) in [6, 6.07) is 0.223. The molecule has 2 atom stereocenters. The maximum Gasteiger partial charge on any atom is 0.199 e. The number of hydrogen-bond donors (Lipinski definition) is 0. The molecular formula is C11H18N2O2. The van der Waals surface area contributed by atoms with Crippen LogP contribution in [0.1, 0.15) is 27.7 Å². The third kappa shape index (κ3) is 1.73. The van der Waals surface area contributed by atoms with Gasteiger partial charge < -0.3 is 9.47 Å². The summed E-state index contributed by atoms with van der Waals surface area (Å²) in [6.07, 6.45) is 0.154. The molecule has 15 heavy (non-hydrogen) atoms. The second kappa shape index (κ2) is 3.51. The lowest BCUT2D eigenvalue weighted by molar-refractivity contribution is 0.197.